The maximum atomic E-state index is 10.7. The highest BCUT2D eigenvalue weighted by Gasteiger charge is 2.06. The highest BCUT2D eigenvalue weighted by Crippen LogP contribution is 2.07. The lowest BCUT2D eigenvalue weighted by Gasteiger charge is -2.01. The zero-order valence-electron chi connectivity index (χ0n) is 8.25. The molecule has 0 saturated heterocycles. The zero-order valence-corrected chi connectivity index (χ0v) is 8.25. The third-order valence-electron chi connectivity index (χ3n) is 1.92. The Bertz CT molecular complexity index is 332. The molecule has 0 heterocycles. The predicted octanol–water partition coefficient (Wildman–Crippen LogP) is 0.804. The smallest absolute Gasteiger partial charge is 0.301 e. The molecule has 6 heteroatoms. The summed E-state index contributed by atoms with van der Waals surface area (Å²) in [6.45, 7) is 0. The number of carbonyl (C=O) groups excluding carboxylic acids is 2. The molecule has 0 aromatic heterocycles. The summed E-state index contributed by atoms with van der Waals surface area (Å²) >= 11 is 0. The SMILES string of the molecule is O=C(Cc1ccc(CC(=O)OO)cc1)OO. The van der Waals surface area contributed by atoms with Gasteiger partial charge in [-0.2, -0.15) is 10.5 Å². The van der Waals surface area contributed by atoms with Crippen LogP contribution in [0.2, 0.25) is 0 Å². The Morgan fingerprint density at radius 2 is 1.19 bits per heavy atom. The Hall–Kier alpha value is -1.92. The Balaban J connectivity index is 2.60. The van der Waals surface area contributed by atoms with Gasteiger partial charge >= 0.3 is 11.9 Å². The zero-order chi connectivity index (χ0) is 12.0. The molecule has 0 spiro atoms. The van der Waals surface area contributed by atoms with Crippen LogP contribution in [0.3, 0.4) is 0 Å². The maximum absolute atomic E-state index is 10.7. The monoisotopic (exact) mass is 226 g/mol. The molecule has 6 nitrogen and oxygen atoms in total. The van der Waals surface area contributed by atoms with Gasteiger partial charge in [0.25, 0.3) is 0 Å². The van der Waals surface area contributed by atoms with Gasteiger partial charge < -0.3 is 9.78 Å². The second kappa shape index (κ2) is 5.84. The van der Waals surface area contributed by atoms with E-state index >= 15 is 0 Å². The third-order valence-corrected chi connectivity index (χ3v) is 1.92. The van der Waals surface area contributed by atoms with Crippen molar-refractivity contribution in [3.63, 3.8) is 0 Å². The maximum Gasteiger partial charge on any atom is 0.346 e. The fourth-order valence-electron chi connectivity index (χ4n) is 1.17. The molecule has 0 atom stereocenters. The van der Waals surface area contributed by atoms with Crippen molar-refractivity contribution in [2.24, 2.45) is 0 Å². The lowest BCUT2D eigenvalue weighted by molar-refractivity contribution is -0.233. The number of hydrogen-bond donors (Lipinski definition) is 2. The Morgan fingerprint density at radius 3 is 1.44 bits per heavy atom. The summed E-state index contributed by atoms with van der Waals surface area (Å²) < 4.78 is 0. The van der Waals surface area contributed by atoms with Gasteiger partial charge in [-0.05, 0) is 11.1 Å². The van der Waals surface area contributed by atoms with Crippen LogP contribution in [-0.2, 0) is 32.2 Å². The lowest BCUT2D eigenvalue weighted by atomic mass is 10.1. The Morgan fingerprint density at radius 1 is 0.875 bits per heavy atom. The van der Waals surface area contributed by atoms with Crippen molar-refractivity contribution in [1.29, 1.82) is 0 Å². The van der Waals surface area contributed by atoms with Gasteiger partial charge in [0.2, 0.25) is 0 Å². The topological polar surface area (TPSA) is 93.1 Å². The highest BCUT2D eigenvalue weighted by molar-refractivity contribution is 5.73. The molecule has 0 aliphatic heterocycles. The van der Waals surface area contributed by atoms with Crippen LogP contribution in [0, 0.1) is 0 Å². The summed E-state index contributed by atoms with van der Waals surface area (Å²) in [6, 6.07) is 6.43. The van der Waals surface area contributed by atoms with Crippen LogP contribution in [0.5, 0.6) is 0 Å². The van der Waals surface area contributed by atoms with Crippen molar-refractivity contribution >= 4 is 11.9 Å². The molecule has 2 N–H and O–H groups in total. The minimum atomic E-state index is -0.762. The quantitative estimate of drug-likeness (QED) is 0.582. The van der Waals surface area contributed by atoms with E-state index in [4.69, 9.17) is 10.5 Å². The first-order chi connectivity index (χ1) is 7.65. The third kappa shape index (κ3) is 3.68. The van der Waals surface area contributed by atoms with E-state index < -0.39 is 11.9 Å². The molecule has 0 unspecified atom stereocenters. The second-order valence-corrected chi connectivity index (χ2v) is 3.10. The van der Waals surface area contributed by atoms with E-state index in [1.807, 2.05) is 0 Å². The normalized spacial score (nSPS) is 9.62. The largest absolute Gasteiger partial charge is 0.346 e. The molecule has 1 aromatic carbocycles. The Kier molecular flexibility index (Phi) is 4.43. The van der Waals surface area contributed by atoms with Crippen molar-refractivity contribution < 1.29 is 29.9 Å². The van der Waals surface area contributed by atoms with Gasteiger partial charge in [-0.25, -0.2) is 9.59 Å². The van der Waals surface area contributed by atoms with Gasteiger partial charge in [0, 0.05) is 0 Å². The van der Waals surface area contributed by atoms with E-state index in [1.165, 1.54) is 0 Å². The van der Waals surface area contributed by atoms with Crippen LogP contribution < -0.4 is 0 Å². The van der Waals surface area contributed by atoms with E-state index in [1.54, 1.807) is 24.3 Å². The molecular formula is C10H10O6. The fourth-order valence-corrected chi connectivity index (χ4v) is 1.17. The summed E-state index contributed by atoms with van der Waals surface area (Å²) in [5, 5.41) is 16.1. The van der Waals surface area contributed by atoms with Gasteiger partial charge in [0.15, 0.2) is 0 Å². The van der Waals surface area contributed by atoms with Crippen molar-refractivity contribution in [2.45, 2.75) is 12.8 Å². The summed E-state index contributed by atoms with van der Waals surface area (Å²) in [5.41, 5.74) is 1.28. The molecule has 0 radical (unpaired) electrons. The number of benzene rings is 1. The van der Waals surface area contributed by atoms with Crippen molar-refractivity contribution in [1.82, 2.24) is 0 Å². The second-order valence-electron chi connectivity index (χ2n) is 3.10. The molecule has 1 rings (SSSR count). The standard InChI is InChI=1S/C10H10O6/c11-9(15-13)5-7-1-2-8(4-3-7)6-10(12)16-14/h1-4,13-14H,5-6H2. The van der Waals surface area contributed by atoms with E-state index in [0.717, 1.165) is 0 Å². The van der Waals surface area contributed by atoms with E-state index in [2.05, 4.69) is 9.78 Å². The molecule has 0 amide bonds. The number of rotatable bonds is 4. The highest BCUT2D eigenvalue weighted by atomic mass is 17.1. The molecule has 0 aliphatic rings. The van der Waals surface area contributed by atoms with Gasteiger partial charge in [-0.1, -0.05) is 24.3 Å². The number of carbonyl (C=O) groups is 2. The van der Waals surface area contributed by atoms with Crippen LogP contribution in [0.4, 0.5) is 0 Å². The van der Waals surface area contributed by atoms with Crippen molar-refractivity contribution in [3.8, 4) is 0 Å². The van der Waals surface area contributed by atoms with Crippen molar-refractivity contribution in [3.05, 3.63) is 35.4 Å². The van der Waals surface area contributed by atoms with Crippen LogP contribution in [-0.4, -0.2) is 22.5 Å². The van der Waals surface area contributed by atoms with Crippen LogP contribution in [0.15, 0.2) is 24.3 Å². The van der Waals surface area contributed by atoms with Crippen LogP contribution in [0.1, 0.15) is 11.1 Å². The predicted molar refractivity (Wildman–Crippen MR) is 51.3 cm³/mol. The van der Waals surface area contributed by atoms with Gasteiger partial charge in [-0.3, -0.25) is 0 Å². The van der Waals surface area contributed by atoms with Crippen LogP contribution >= 0.6 is 0 Å². The molecule has 86 valence electrons. The van der Waals surface area contributed by atoms with Gasteiger partial charge in [-0.15, -0.1) is 0 Å². The Labute approximate surface area is 90.9 Å². The molecule has 0 fully saturated rings. The minimum Gasteiger partial charge on any atom is -0.301 e. The average Bonchev–Trinajstić information content (AvgIpc) is 2.31. The molecule has 16 heavy (non-hydrogen) atoms. The lowest BCUT2D eigenvalue weighted by Crippen LogP contribution is -2.06. The first-order valence-electron chi connectivity index (χ1n) is 4.42. The summed E-state index contributed by atoms with van der Waals surface area (Å²) in [5.74, 6) is -1.52. The first-order valence-corrected chi connectivity index (χ1v) is 4.42. The van der Waals surface area contributed by atoms with Crippen molar-refractivity contribution in [2.75, 3.05) is 0 Å². The molecule has 1 aromatic rings. The van der Waals surface area contributed by atoms with E-state index in [9.17, 15) is 9.59 Å². The van der Waals surface area contributed by atoms with Gasteiger partial charge in [0.05, 0.1) is 12.8 Å². The molecule has 0 bridgehead atoms. The minimum absolute atomic E-state index is 0.0543. The summed E-state index contributed by atoms with van der Waals surface area (Å²) in [6.07, 6.45) is -0.109. The van der Waals surface area contributed by atoms with Gasteiger partial charge in [0.1, 0.15) is 0 Å². The summed E-state index contributed by atoms with van der Waals surface area (Å²) in [7, 11) is 0. The average molecular weight is 226 g/mol. The molecule has 0 aliphatic carbocycles. The number of hydrogen-bond acceptors (Lipinski definition) is 6. The molecular weight excluding hydrogens is 216 g/mol. The fraction of sp³-hybridized carbons (Fsp3) is 0.200. The van der Waals surface area contributed by atoms with E-state index in [-0.39, 0.29) is 12.8 Å². The summed E-state index contributed by atoms with van der Waals surface area (Å²) in [4.78, 5) is 28.5. The van der Waals surface area contributed by atoms with E-state index in [0.29, 0.717) is 11.1 Å². The van der Waals surface area contributed by atoms with Crippen LogP contribution in [0.25, 0.3) is 0 Å². The molecule has 0 saturated carbocycles. The first kappa shape index (κ1) is 12.2.